The highest BCUT2D eigenvalue weighted by Crippen LogP contribution is 2.19. The lowest BCUT2D eigenvalue weighted by molar-refractivity contribution is -0.0406. The van der Waals surface area contributed by atoms with Crippen molar-refractivity contribution >= 4 is 0 Å². The van der Waals surface area contributed by atoms with Gasteiger partial charge in [0.1, 0.15) is 0 Å². The lowest BCUT2D eigenvalue weighted by Crippen LogP contribution is -2.26. The molecule has 0 bridgehead atoms. The van der Waals surface area contributed by atoms with Crippen LogP contribution in [0.3, 0.4) is 0 Å². The van der Waals surface area contributed by atoms with Crippen molar-refractivity contribution in [2.75, 3.05) is 20.3 Å². The summed E-state index contributed by atoms with van der Waals surface area (Å²) in [5, 5.41) is 0. The molecule has 0 aliphatic rings. The van der Waals surface area contributed by atoms with Crippen LogP contribution in [0.25, 0.3) is 0 Å². The van der Waals surface area contributed by atoms with E-state index in [4.69, 9.17) is 9.47 Å². The lowest BCUT2D eigenvalue weighted by atomic mass is 10.0. The highest BCUT2D eigenvalue weighted by Gasteiger charge is 2.18. The smallest absolute Gasteiger partial charge is 0.0626 e. The minimum Gasteiger partial charge on any atom is -0.385 e. The van der Waals surface area contributed by atoms with E-state index in [1.54, 1.807) is 7.11 Å². The maximum atomic E-state index is 5.92. The van der Waals surface area contributed by atoms with Gasteiger partial charge in [0.15, 0.2) is 0 Å². The molecule has 0 saturated carbocycles. The number of hydrogen-bond acceptors (Lipinski definition) is 2. The van der Waals surface area contributed by atoms with Crippen LogP contribution in [0.1, 0.15) is 53.4 Å². The molecule has 0 aromatic carbocycles. The van der Waals surface area contributed by atoms with E-state index in [1.807, 2.05) is 0 Å². The molecule has 15 heavy (non-hydrogen) atoms. The monoisotopic (exact) mass is 216 g/mol. The summed E-state index contributed by atoms with van der Waals surface area (Å²) in [4.78, 5) is 0. The average molecular weight is 216 g/mol. The first kappa shape index (κ1) is 14.9. The van der Waals surface area contributed by atoms with E-state index in [2.05, 4.69) is 27.7 Å². The normalized spacial score (nSPS) is 14.2. The van der Waals surface area contributed by atoms with E-state index in [0.29, 0.717) is 5.92 Å². The van der Waals surface area contributed by atoms with E-state index in [1.165, 1.54) is 12.8 Å². The topological polar surface area (TPSA) is 18.5 Å². The third kappa shape index (κ3) is 8.88. The van der Waals surface area contributed by atoms with Crippen LogP contribution < -0.4 is 0 Å². The molecule has 92 valence electrons. The van der Waals surface area contributed by atoms with E-state index in [0.717, 1.165) is 26.1 Å². The second-order valence-electron chi connectivity index (χ2n) is 5.03. The number of ether oxygens (including phenoxy) is 2. The Kier molecular flexibility index (Phi) is 8.07. The van der Waals surface area contributed by atoms with Crippen molar-refractivity contribution in [2.45, 2.75) is 59.0 Å². The SMILES string of the molecule is CCC(C)COC(C)(C)CCCCOC. The van der Waals surface area contributed by atoms with Gasteiger partial charge in [-0.05, 0) is 39.0 Å². The largest absolute Gasteiger partial charge is 0.385 e. The molecule has 1 atom stereocenters. The Bertz CT molecular complexity index is 143. The van der Waals surface area contributed by atoms with Crippen molar-refractivity contribution in [1.82, 2.24) is 0 Å². The van der Waals surface area contributed by atoms with Gasteiger partial charge in [-0.15, -0.1) is 0 Å². The molecule has 2 heteroatoms. The summed E-state index contributed by atoms with van der Waals surface area (Å²) < 4.78 is 11.0. The zero-order valence-electron chi connectivity index (χ0n) is 11.1. The Labute approximate surface area is 95.3 Å². The molecule has 0 fully saturated rings. The summed E-state index contributed by atoms with van der Waals surface area (Å²) >= 11 is 0. The van der Waals surface area contributed by atoms with Gasteiger partial charge in [-0.3, -0.25) is 0 Å². The average Bonchev–Trinajstić information content (AvgIpc) is 2.21. The first-order chi connectivity index (χ1) is 7.02. The summed E-state index contributed by atoms with van der Waals surface area (Å²) in [5.74, 6) is 0.670. The van der Waals surface area contributed by atoms with E-state index < -0.39 is 0 Å². The zero-order chi connectivity index (χ0) is 11.7. The van der Waals surface area contributed by atoms with Crippen LogP contribution in [0.4, 0.5) is 0 Å². The van der Waals surface area contributed by atoms with Crippen molar-refractivity contribution in [3.8, 4) is 0 Å². The van der Waals surface area contributed by atoms with E-state index in [9.17, 15) is 0 Å². The van der Waals surface area contributed by atoms with Gasteiger partial charge in [0.25, 0.3) is 0 Å². The van der Waals surface area contributed by atoms with Crippen LogP contribution in [0.2, 0.25) is 0 Å². The molecular weight excluding hydrogens is 188 g/mol. The fourth-order valence-corrected chi connectivity index (χ4v) is 1.35. The second kappa shape index (κ2) is 8.12. The molecule has 1 unspecified atom stereocenters. The maximum absolute atomic E-state index is 5.92. The Morgan fingerprint density at radius 2 is 1.87 bits per heavy atom. The molecule has 0 aromatic rings. The molecule has 0 amide bonds. The Hall–Kier alpha value is -0.0800. The van der Waals surface area contributed by atoms with Crippen LogP contribution in [0, 0.1) is 5.92 Å². The molecule has 0 aliphatic carbocycles. The maximum Gasteiger partial charge on any atom is 0.0626 e. The van der Waals surface area contributed by atoms with Crippen molar-refractivity contribution < 1.29 is 9.47 Å². The van der Waals surface area contributed by atoms with Gasteiger partial charge in [-0.1, -0.05) is 20.3 Å². The number of unbranched alkanes of at least 4 members (excludes halogenated alkanes) is 1. The minimum atomic E-state index is 0.0250. The van der Waals surface area contributed by atoms with Gasteiger partial charge >= 0.3 is 0 Å². The first-order valence-corrected chi connectivity index (χ1v) is 6.14. The minimum absolute atomic E-state index is 0.0250. The highest BCUT2D eigenvalue weighted by atomic mass is 16.5. The predicted molar refractivity (Wildman–Crippen MR) is 65.2 cm³/mol. The first-order valence-electron chi connectivity index (χ1n) is 6.14. The van der Waals surface area contributed by atoms with Crippen LogP contribution >= 0.6 is 0 Å². The molecule has 0 aliphatic heterocycles. The van der Waals surface area contributed by atoms with Crippen LogP contribution in [0.5, 0.6) is 0 Å². The predicted octanol–water partition coefficient (Wildman–Crippen LogP) is 3.64. The Balaban J connectivity index is 3.57. The highest BCUT2D eigenvalue weighted by molar-refractivity contribution is 4.69. The Morgan fingerprint density at radius 1 is 1.20 bits per heavy atom. The second-order valence-corrected chi connectivity index (χ2v) is 5.03. The molecule has 0 spiro atoms. The molecule has 0 aromatic heterocycles. The van der Waals surface area contributed by atoms with E-state index in [-0.39, 0.29) is 5.60 Å². The Morgan fingerprint density at radius 3 is 2.40 bits per heavy atom. The van der Waals surface area contributed by atoms with Gasteiger partial charge in [-0.25, -0.2) is 0 Å². The molecule has 0 N–H and O–H groups in total. The summed E-state index contributed by atoms with van der Waals surface area (Å²) in [7, 11) is 1.75. The van der Waals surface area contributed by atoms with Gasteiger partial charge in [0, 0.05) is 20.3 Å². The van der Waals surface area contributed by atoms with Crippen molar-refractivity contribution in [3.63, 3.8) is 0 Å². The van der Waals surface area contributed by atoms with Crippen molar-refractivity contribution in [3.05, 3.63) is 0 Å². The van der Waals surface area contributed by atoms with Gasteiger partial charge in [-0.2, -0.15) is 0 Å². The van der Waals surface area contributed by atoms with Crippen LogP contribution in [0.15, 0.2) is 0 Å². The number of methoxy groups -OCH3 is 1. The standard InChI is InChI=1S/C13H28O2/c1-6-12(2)11-15-13(3,4)9-7-8-10-14-5/h12H,6-11H2,1-5H3. The summed E-state index contributed by atoms with van der Waals surface area (Å²) in [6.07, 6.45) is 4.63. The molecule has 0 radical (unpaired) electrons. The summed E-state index contributed by atoms with van der Waals surface area (Å²) in [5.41, 5.74) is 0.0250. The summed E-state index contributed by atoms with van der Waals surface area (Å²) in [6, 6.07) is 0. The fourth-order valence-electron chi connectivity index (χ4n) is 1.35. The molecule has 0 saturated heterocycles. The third-order valence-electron chi connectivity index (χ3n) is 2.83. The van der Waals surface area contributed by atoms with Crippen LogP contribution in [-0.4, -0.2) is 25.9 Å². The van der Waals surface area contributed by atoms with Gasteiger partial charge in [0.2, 0.25) is 0 Å². The van der Waals surface area contributed by atoms with Gasteiger partial charge in [0.05, 0.1) is 5.60 Å². The lowest BCUT2D eigenvalue weighted by Gasteiger charge is -2.27. The van der Waals surface area contributed by atoms with Gasteiger partial charge < -0.3 is 9.47 Å². The molecule has 2 nitrogen and oxygen atoms in total. The quantitative estimate of drug-likeness (QED) is 0.548. The van der Waals surface area contributed by atoms with Crippen molar-refractivity contribution in [2.24, 2.45) is 5.92 Å². The zero-order valence-corrected chi connectivity index (χ0v) is 11.1. The molecule has 0 rings (SSSR count). The van der Waals surface area contributed by atoms with Crippen molar-refractivity contribution in [1.29, 1.82) is 0 Å². The molecule has 0 heterocycles. The van der Waals surface area contributed by atoms with E-state index >= 15 is 0 Å². The number of hydrogen-bond donors (Lipinski definition) is 0. The third-order valence-corrected chi connectivity index (χ3v) is 2.83. The fraction of sp³-hybridized carbons (Fsp3) is 1.00. The number of rotatable bonds is 9. The summed E-state index contributed by atoms with van der Waals surface area (Å²) in [6.45, 7) is 10.6. The van der Waals surface area contributed by atoms with Crippen LogP contribution in [-0.2, 0) is 9.47 Å². The molecular formula is C13H28O2.